The molecule has 1 unspecified atom stereocenters. The molecule has 82 valence electrons. The smallest absolute Gasteiger partial charge is 0.189 e. The van der Waals surface area contributed by atoms with E-state index in [9.17, 15) is 0 Å². The average molecular weight is 227 g/mol. The van der Waals surface area contributed by atoms with Gasteiger partial charge in [0.1, 0.15) is 0 Å². The molecule has 1 aromatic carbocycles. The minimum absolute atomic E-state index is 0. The van der Waals surface area contributed by atoms with Crippen LogP contribution in [-0.2, 0) is 0 Å². The van der Waals surface area contributed by atoms with Crippen molar-refractivity contribution in [3.8, 4) is 0 Å². The maximum absolute atomic E-state index is 5.71. The lowest BCUT2D eigenvalue weighted by Crippen LogP contribution is -2.38. The minimum atomic E-state index is 0. The summed E-state index contributed by atoms with van der Waals surface area (Å²) >= 11 is 0. The first-order valence-corrected chi connectivity index (χ1v) is 4.67. The van der Waals surface area contributed by atoms with E-state index < -0.39 is 0 Å². The summed E-state index contributed by atoms with van der Waals surface area (Å²) in [6.45, 7) is 0.776. The van der Waals surface area contributed by atoms with Crippen LogP contribution >= 0.6 is 12.4 Å². The molecular weight excluding hydrogens is 212 g/mol. The van der Waals surface area contributed by atoms with E-state index in [1.54, 1.807) is 0 Å². The summed E-state index contributed by atoms with van der Waals surface area (Å²) in [5.41, 5.74) is 13.3. The van der Waals surface area contributed by atoms with E-state index in [2.05, 4.69) is 10.3 Å². The highest BCUT2D eigenvalue weighted by molar-refractivity contribution is 5.85. The Balaban J connectivity index is 0.00000112. The van der Waals surface area contributed by atoms with Crippen LogP contribution in [0.1, 0.15) is 18.0 Å². The number of benzene rings is 1. The van der Waals surface area contributed by atoms with Crippen molar-refractivity contribution in [2.24, 2.45) is 10.7 Å². The topological polar surface area (TPSA) is 76.4 Å². The fourth-order valence-electron chi connectivity index (χ4n) is 1.64. The summed E-state index contributed by atoms with van der Waals surface area (Å²) in [6, 6.07) is 8.09. The third-order valence-electron chi connectivity index (χ3n) is 2.34. The molecular formula is C10H15ClN4. The van der Waals surface area contributed by atoms with E-state index in [4.69, 9.17) is 11.5 Å². The van der Waals surface area contributed by atoms with Gasteiger partial charge in [0.25, 0.3) is 0 Å². The number of rotatable bonds is 1. The van der Waals surface area contributed by atoms with E-state index in [0.29, 0.717) is 5.96 Å². The van der Waals surface area contributed by atoms with Gasteiger partial charge in [-0.2, -0.15) is 0 Å². The van der Waals surface area contributed by atoms with Gasteiger partial charge in [-0.25, -0.2) is 0 Å². The second-order valence-electron chi connectivity index (χ2n) is 3.42. The maximum Gasteiger partial charge on any atom is 0.189 e. The number of aliphatic imine (C=N–C) groups is 1. The number of nitrogens with zero attached hydrogens (tertiary/aromatic N) is 1. The summed E-state index contributed by atoms with van der Waals surface area (Å²) in [6.07, 6.45) is 0.962. The largest absolute Gasteiger partial charge is 0.399 e. The van der Waals surface area contributed by atoms with Gasteiger partial charge < -0.3 is 16.8 Å². The summed E-state index contributed by atoms with van der Waals surface area (Å²) < 4.78 is 0. The van der Waals surface area contributed by atoms with Crippen LogP contribution < -0.4 is 16.8 Å². The number of anilines is 1. The molecule has 1 aliphatic rings. The Morgan fingerprint density at radius 3 is 2.80 bits per heavy atom. The highest BCUT2D eigenvalue weighted by Crippen LogP contribution is 2.20. The molecule has 15 heavy (non-hydrogen) atoms. The Bertz CT molecular complexity index is 364. The van der Waals surface area contributed by atoms with Crippen molar-refractivity contribution >= 4 is 24.1 Å². The van der Waals surface area contributed by atoms with E-state index in [1.165, 1.54) is 5.56 Å². The number of hydrogen-bond acceptors (Lipinski definition) is 4. The summed E-state index contributed by atoms with van der Waals surface area (Å²) in [7, 11) is 0. The van der Waals surface area contributed by atoms with Crippen molar-refractivity contribution in [1.29, 1.82) is 0 Å². The first-order chi connectivity index (χ1) is 6.75. The molecule has 0 aromatic heterocycles. The number of guanidine groups is 1. The molecule has 1 atom stereocenters. The fraction of sp³-hybridized carbons (Fsp3) is 0.300. The van der Waals surface area contributed by atoms with Crippen LogP contribution in [0.15, 0.2) is 29.3 Å². The molecule has 5 N–H and O–H groups in total. The lowest BCUT2D eigenvalue weighted by molar-refractivity contribution is 0.569. The predicted octanol–water partition coefficient (Wildman–Crippen LogP) is 1.04. The van der Waals surface area contributed by atoms with Crippen LogP contribution in [0.4, 0.5) is 5.69 Å². The Morgan fingerprint density at radius 2 is 2.13 bits per heavy atom. The van der Waals surface area contributed by atoms with Crippen molar-refractivity contribution in [3.63, 3.8) is 0 Å². The Morgan fingerprint density at radius 1 is 1.33 bits per heavy atom. The van der Waals surface area contributed by atoms with E-state index >= 15 is 0 Å². The Kier molecular flexibility index (Phi) is 3.80. The lowest BCUT2D eigenvalue weighted by Gasteiger charge is -2.23. The van der Waals surface area contributed by atoms with E-state index in [0.717, 1.165) is 18.7 Å². The predicted molar refractivity (Wildman–Crippen MR) is 65.1 cm³/mol. The molecule has 1 aliphatic heterocycles. The molecule has 0 saturated heterocycles. The lowest BCUT2D eigenvalue weighted by atomic mass is 10.0. The molecule has 1 heterocycles. The summed E-state index contributed by atoms with van der Waals surface area (Å²) in [5.74, 6) is 0.517. The first-order valence-electron chi connectivity index (χ1n) is 4.67. The fourth-order valence-corrected chi connectivity index (χ4v) is 1.64. The van der Waals surface area contributed by atoms with Gasteiger partial charge in [0, 0.05) is 12.2 Å². The first kappa shape index (κ1) is 11.7. The molecule has 0 saturated carbocycles. The normalized spacial score (nSPS) is 19.7. The van der Waals surface area contributed by atoms with Gasteiger partial charge in [-0.1, -0.05) is 12.1 Å². The number of nitrogens with two attached hydrogens (primary N) is 2. The molecule has 2 rings (SSSR count). The van der Waals surface area contributed by atoms with Crippen molar-refractivity contribution in [1.82, 2.24) is 5.32 Å². The second-order valence-corrected chi connectivity index (χ2v) is 3.42. The minimum Gasteiger partial charge on any atom is -0.399 e. The quantitative estimate of drug-likeness (QED) is 0.627. The zero-order valence-corrected chi connectivity index (χ0v) is 9.13. The molecule has 1 aromatic rings. The van der Waals surface area contributed by atoms with Crippen molar-refractivity contribution in [3.05, 3.63) is 29.8 Å². The van der Waals surface area contributed by atoms with Crippen LogP contribution in [0.3, 0.4) is 0 Å². The van der Waals surface area contributed by atoms with Gasteiger partial charge in [-0.05, 0) is 24.1 Å². The SMILES string of the molecule is Cl.NC1=NCCC(c2cccc(N)c2)N1. The third kappa shape index (κ3) is 2.76. The Labute approximate surface area is 95.2 Å². The second kappa shape index (κ2) is 4.89. The monoisotopic (exact) mass is 226 g/mol. The highest BCUT2D eigenvalue weighted by Gasteiger charge is 2.15. The molecule has 0 radical (unpaired) electrons. The van der Waals surface area contributed by atoms with Crippen molar-refractivity contribution in [2.75, 3.05) is 12.3 Å². The van der Waals surface area contributed by atoms with Crippen molar-refractivity contribution in [2.45, 2.75) is 12.5 Å². The molecule has 0 amide bonds. The van der Waals surface area contributed by atoms with Crippen molar-refractivity contribution < 1.29 is 0 Å². The van der Waals surface area contributed by atoms with E-state index in [-0.39, 0.29) is 18.4 Å². The number of nitrogens with one attached hydrogen (secondary N) is 1. The van der Waals surface area contributed by atoms with Crippen LogP contribution in [0.25, 0.3) is 0 Å². The molecule has 0 fully saturated rings. The molecule has 5 heteroatoms. The van der Waals surface area contributed by atoms with Gasteiger partial charge in [0.2, 0.25) is 0 Å². The van der Waals surface area contributed by atoms with Gasteiger partial charge in [0.05, 0.1) is 6.04 Å². The standard InChI is InChI=1S/C10H14N4.ClH/c11-8-3-1-2-7(6-8)9-4-5-13-10(12)14-9;/h1-3,6,9H,4-5,11H2,(H3,12,13,14);1H. The van der Waals surface area contributed by atoms with Gasteiger partial charge in [-0.15, -0.1) is 12.4 Å². The molecule has 0 spiro atoms. The molecule has 4 nitrogen and oxygen atoms in total. The van der Waals surface area contributed by atoms with Crippen LogP contribution in [0.5, 0.6) is 0 Å². The van der Waals surface area contributed by atoms with Crippen LogP contribution in [0.2, 0.25) is 0 Å². The number of nitrogen functional groups attached to an aromatic ring is 1. The molecule has 0 bridgehead atoms. The van der Waals surface area contributed by atoms with Crippen LogP contribution in [0, 0.1) is 0 Å². The van der Waals surface area contributed by atoms with E-state index in [1.807, 2.05) is 24.3 Å². The number of hydrogen-bond donors (Lipinski definition) is 3. The maximum atomic E-state index is 5.71. The van der Waals surface area contributed by atoms with Gasteiger partial charge in [0.15, 0.2) is 5.96 Å². The number of halogens is 1. The van der Waals surface area contributed by atoms with Crippen LogP contribution in [-0.4, -0.2) is 12.5 Å². The van der Waals surface area contributed by atoms with Gasteiger partial charge in [-0.3, -0.25) is 4.99 Å². The zero-order chi connectivity index (χ0) is 9.97. The summed E-state index contributed by atoms with van der Waals surface area (Å²) in [4.78, 5) is 4.08. The zero-order valence-electron chi connectivity index (χ0n) is 8.31. The molecule has 0 aliphatic carbocycles. The summed E-state index contributed by atoms with van der Waals surface area (Å²) in [5, 5.41) is 3.13. The van der Waals surface area contributed by atoms with Gasteiger partial charge >= 0.3 is 0 Å². The highest BCUT2D eigenvalue weighted by atomic mass is 35.5. The average Bonchev–Trinajstić information content (AvgIpc) is 2.18. The Hall–Kier alpha value is -1.42. The third-order valence-corrected chi connectivity index (χ3v) is 2.34.